The lowest BCUT2D eigenvalue weighted by Gasteiger charge is -2.24. The number of pyridine rings is 1. The Labute approximate surface area is 98.7 Å². The summed E-state index contributed by atoms with van der Waals surface area (Å²) in [5.74, 6) is 0. The molecule has 1 saturated heterocycles. The van der Waals surface area contributed by atoms with Crippen molar-refractivity contribution in [2.45, 2.75) is 45.6 Å². The third-order valence-corrected chi connectivity index (χ3v) is 3.44. The Morgan fingerprint density at radius 2 is 2.31 bits per heavy atom. The zero-order valence-corrected chi connectivity index (χ0v) is 10.4. The molecule has 2 rings (SSSR count). The molecule has 0 aromatic carbocycles. The van der Waals surface area contributed by atoms with Crippen molar-refractivity contribution in [3.63, 3.8) is 0 Å². The molecule has 0 amide bonds. The van der Waals surface area contributed by atoms with Gasteiger partial charge < -0.3 is 0 Å². The molecule has 0 bridgehead atoms. The van der Waals surface area contributed by atoms with E-state index in [1.165, 1.54) is 49.9 Å². The fraction of sp³-hybridized carbons (Fsp3) is 0.643. The molecule has 0 radical (unpaired) electrons. The van der Waals surface area contributed by atoms with Crippen molar-refractivity contribution >= 4 is 0 Å². The minimum atomic E-state index is 0.624. The molecule has 2 nitrogen and oxygen atoms in total. The van der Waals surface area contributed by atoms with Crippen molar-refractivity contribution in [2.75, 3.05) is 13.1 Å². The van der Waals surface area contributed by atoms with Gasteiger partial charge in [-0.05, 0) is 50.4 Å². The third kappa shape index (κ3) is 2.62. The summed E-state index contributed by atoms with van der Waals surface area (Å²) in [4.78, 5) is 6.94. The predicted octanol–water partition coefficient (Wildman–Crippen LogP) is 3.33. The fourth-order valence-electron chi connectivity index (χ4n) is 2.59. The highest BCUT2D eigenvalue weighted by Gasteiger charge is 2.25. The quantitative estimate of drug-likeness (QED) is 0.770. The Bertz CT molecular complexity index is 335. The van der Waals surface area contributed by atoms with Crippen LogP contribution in [0.3, 0.4) is 0 Å². The van der Waals surface area contributed by atoms with Crippen molar-refractivity contribution in [3.8, 4) is 0 Å². The van der Waals surface area contributed by atoms with Gasteiger partial charge >= 0.3 is 0 Å². The first-order valence-electron chi connectivity index (χ1n) is 6.47. The van der Waals surface area contributed by atoms with Crippen LogP contribution in [0, 0.1) is 6.92 Å². The molecule has 0 spiro atoms. The Kier molecular flexibility index (Phi) is 3.94. The number of hydrogen-bond acceptors (Lipinski definition) is 2. The van der Waals surface area contributed by atoms with E-state index in [0.29, 0.717) is 6.04 Å². The molecule has 1 aliphatic heterocycles. The van der Waals surface area contributed by atoms with Gasteiger partial charge in [0.1, 0.15) is 0 Å². The number of rotatable bonds is 4. The summed E-state index contributed by atoms with van der Waals surface area (Å²) in [6.45, 7) is 6.90. The summed E-state index contributed by atoms with van der Waals surface area (Å²) in [7, 11) is 0. The average molecular weight is 218 g/mol. The first kappa shape index (κ1) is 11.6. The van der Waals surface area contributed by atoms with E-state index in [-0.39, 0.29) is 0 Å². The molecule has 16 heavy (non-hydrogen) atoms. The largest absolute Gasteiger partial charge is 0.296 e. The van der Waals surface area contributed by atoms with E-state index in [9.17, 15) is 0 Å². The van der Waals surface area contributed by atoms with Gasteiger partial charge in [-0.15, -0.1) is 0 Å². The molecule has 88 valence electrons. The Morgan fingerprint density at radius 3 is 3.06 bits per heavy atom. The second-order valence-corrected chi connectivity index (χ2v) is 4.84. The van der Waals surface area contributed by atoms with Gasteiger partial charge in [0.2, 0.25) is 0 Å². The van der Waals surface area contributed by atoms with Crippen LogP contribution in [0.25, 0.3) is 0 Å². The van der Waals surface area contributed by atoms with Crippen LogP contribution in [0.1, 0.15) is 49.8 Å². The molecule has 1 atom stereocenters. The summed E-state index contributed by atoms with van der Waals surface area (Å²) in [5, 5.41) is 0. The number of likely N-dealkylation sites (tertiary alicyclic amines) is 1. The predicted molar refractivity (Wildman–Crippen MR) is 67.4 cm³/mol. The fourth-order valence-corrected chi connectivity index (χ4v) is 2.59. The van der Waals surface area contributed by atoms with Crippen LogP contribution in [-0.2, 0) is 0 Å². The van der Waals surface area contributed by atoms with Gasteiger partial charge in [-0.2, -0.15) is 0 Å². The van der Waals surface area contributed by atoms with E-state index in [1.807, 2.05) is 12.4 Å². The van der Waals surface area contributed by atoms with E-state index < -0.39 is 0 Å². The first-order chi connectivity index (χ1) is 7.81. The van der Waals surface area contributed by atoms with Crippen LogP contribution >= 0.6 is 0 Å². The Balaban J connectivity index is 2.07. The lowest BCUT2D eigenvalue weighted by molar-refractivity contribution is 0.253. The zero-order chi connectivity index (χ0) is 11.4. The summed E-state index contributed by atoms with van der Waals surface area (Å²) in [5.41, 5.74) is 2.69. The van der Waals surface area contributed by atoms with Crippen molar-refractivity contribution in [2.24, 2.45) is 0 Å². The van der Waals surface area contributed by atoms with Gasteiger partial charge in [0.15, 0.2) is 0 Å². The summed E-state index contributed by atoms with van der Waals surface area (Å²) in [6, 6.07) is 2.92. The molecular formula is C14H22N2. The van der Waals surface area contributed by atoms with Gasteiger partial charge in [-0.1, -0.05) is 19.4 Å². The monoisotopic (exact) mass is 218 g/mol. The van der Waals surface area contributed by atoms with Crippen molar-refractivity contribution in [1.29, 1.82) is 0 Å². The maximum atomic E-state index is 4.32. The lowest BCUT2D eigenvalue weighted by atomic mass is 10.1. The Hall–Kier alpha value is -0.890. The topological polar surface area (TPSA) is 16.1 Å². The van der Waals surface area contributed by atoms with Gasteiger partial charge in [0, 0.05) is 18.4 Å². The van der Waals surface area contributed by atoms with Gasteiger partial charge in [-0.3, -0.25) is 9.88 Å². The third-order valence-electron chi connectivity index (χ3n) is 3.44. The van der Waals surface area contributed by atoms with Crippen molar-refractivity contribution < 1.29 is 0 Å². The van der Waals surface area contributed by atoms with E-state index in [2.05, 4.69) is 29.8 Å². The van der Waals surface area contributed by atoms with Crippen molar-refractivity contribution in [1.82, 2.24) is 9.88 Å². The van der Waals surface area contributed by atoms with Crippen LogP contribution < -0.4 is 0 Å². The normalized spacial score (nSPS) is 21.5. The first-order valence-corrected chi connectivity index (χ1v) is 6.47. The van der Waals surface area contributed by atoms with Crippen LogP contribution in [0.5, 0.6) is 0 Å². The standard InChI is InChI=1S/C14H22N2/c1-3-4-7-16-8-5-6-14(16)13-9-12(2)10-15-11-13/h9-11,14H,3-8H2,1-2H3. The van der Waals surface area contributed by atoms with Crippen LogP contribution in [0.15, 0.2) is 18.5 Å². The van der Waals surface area contributed by atoms with Gasteiger partial charge in [0.25, 0.3) is 0 Å². The van der Waals surface area contributed by atoms with E-state index in [4.69, 9.17) is 0 Å². The van der Waals surface area contributed by atoms with E-state index in [0.717, 1.165) is 0 Å². The smallest absolute Gasteiger partial charge is 0.0363 e. The zero-order valence-electron chi connectivity index (χ0n) is 10.4. The Morgan fingerprint density at radius 1 is 1.44 bits per heavy atom. The highest BCUT2D eigenvalue weighted by molar-refractivity contribution is 5.21. The second-order valence-electron chi connectivity index (χ2n) is 4.84. The summed E-state index contributed by atoms with van der Waals surface area (Å²) >= 11 is 0. The molecule has 0 aliphatic carbocycles. The second kappa shape index (κ2) is 5.44. The summed E-state index contributed by atoms with van der Waals surface area (Å²) < 4.78 is 0. The molecule has 2 heteroatoms. The average Bonchev–Trinajstić information content (AvgIpc) is 2.74. The van der Waals surface area contributed by atoms with Crippen molar-refractivity contribution in [3.05, 3.63) is 29.6 Å². The number of aryl methyl sites for hydroxylation is 1. The van der Waals surface area contributed by atoms with E-state index in [1.54, 1.807) is 0 Å². The maximum Gasteiger partial charge on any atom is 0.0363 e. The molecular weight excluding hydrogens is 196 g/mol. The molecule has 1 aromatic heterocycles. The number of aromatic nitrogens is 1. The van der Waals surface area contributed by atoms with Gasteiger partial charge in [0.05, 0.1) is 0 Å². The molecule has 2 heterocycles. The van der Waals surface area contributed by atoms with E-state index >= 15 is 0 Å². The SMILES string of the molecule is CCCCN1CCCC1c1cncc(C)c1. The summed E-state index contributed by atoms with van der Waals surface area (Å²) in [6.07, 6.45) is 9.22. The van der Waals surface area contributed by atoms with Gasteiger partial charge in [-0.25, -0.2) is 0 Å². The number of nitrogens with zero attached hydrogens (tertiary/aromatic N) is 2. The molecule has 0 N–H and O–H groups in total. The molecule has 0 saturated carbocycles. The minimum absolute atomic E-state index is 0.624. The minimum Gasteiger partial charge on any atom is -0.296 e. The van der Waals surface area contributed by atoms with Crippen LogP contribution in [0.2, 0.25) is 0 Å². The maximum absolute atomic E-state index is 4.32. The molecule has 1 aromatic rings. The van der Waals surface area contributed by atoms with Crippen LogP contribution in [-0.4, -0.2) is 23.0 Å². The lowest BCUT2D eigenvalue weighted by Crippen LogP contribution is -2.24. The molecule has 1 unspecified atom stereocenters. The molecule has 1 aliphatic rings. The highest BCUT2D eigenvalue weighted by atomic mass is 15.2. The number of hydrogen-bond donors (Lipinski definition) is 0. The molecule has 1 fully saturated rings. The number of unbranched alkanes of at least 4 members (excludes halogenated alkanes) is 1. The van der Waals surface area contributed by atoms with Crippen LogP contribution in [0.4, 0.5) is 0 Å². The highest BCUT2D eigenvalue weighted by Crippen LogP contribution is 2.31.